The monoisotopic (exact) mass is 263 g/mol. The van der Waals surface area contributed by atoms with Crippen molar-refractivity contribution in [2.24, 2.45) is 0 Å². The van der Waals surface area contributed by atoms with Crippen LogP contribution >= 0.6 is 0 Å². The molecule has 0 saturated carbocycles. The average molecular weight is 263 g/mol. The number of rotatable bonds is 7. The highest BCUT2D eigenvalue weighted by Crippen LogP contribution is 2.35. The van der Waals surface area contributed by atoms with Crippen LogP contribution in [-0.2, 0) is 6.42 Å². The van der Waals surface area contributed by atoms with Crippen molar-refractivity contribution in [2.75, 3.05) is 19.7 Å². The fourth-order valence-electron chi connectivity index (χ4n) is 2.96. The van der Waals surface area contributed by atoms with E-state index in [0.29, 0.717) is 12.6 Å². The number of aryl methyl sites for hydroxylation is 1. The van der Waals surface area contributed by atoms with E-state index in [-0.39, 0.29) is 12.7 Å². The first-order valence-corrected chi connectivity index (χ1v) is 7.37. The lowest BCUT2D eigenvalue weighted by Gasteiger charge is -2.31. The van der Waals surface area contributed by atoms with E-state index in [2.05, 4.69) is 29.2 Å². The molecule has 19 heavy (non-hydrogen) atoms. The van der Waals surface area contributed by atoms with Gasteiger partial charge in [-0.15, -0.1) is 0 Å². The molecule has 1 aliphatic rings. The van der Waals surface area contributed by atoms with Crippen LogP contribution in [0.5, 0.6) is 0 Å². The third-order valence-electron chi connectivity index (χ3n) is 4.06. The Kier molecular flexibility index (Phi) is 5.37. The SMILES string of the molecule is CCC(O)CN(CCCO)C1CCc2ccccc21. The summed E-state index contributed by atoms with van der Waals surface area (Å²) in [6.45, 7) is 3.78. The highest BCUT2D eigenvalue weighted by Gasteiger charge is 2.28. The second-order valence-corrected chi connectivity index (χ2v) is 5.39. The molecule has 3 nitrogen and oxygen atoms in total. The molecule has 2 atom stereocenters. The van der Waals surface area contributed by atoms with Gasteiger partial charge in [0.1, 0.15) is 0 Å². The van der Waals surface area contributed by atoms with Gasteiger partial charge in [0.25, 0.3) is 0 Å². The largest absolute Gasteiger partial charge is 0.396 e. The zero-order chi connectivity index (χ0) is 13.7. The topological polar surface area (TPSA) is 43.7 Å². The summed E-state index contributed by atoms with van der Waals surface area (Å²) in [7, 11) is 0. The standard InChI is InChI=1S/C16H25NO2/c1-2-14(19)12-17(10-5-11-18)16-9-8-13-6-3-4-7-15(13)16/h3-4,6-7,14,16,18-19H,2,5,8-12H2,1H3. The summed E-state index contributed by atoms with van der Waals surface area (Å²) in [4.78, 5) is 2.34. The Bertz CT molecular complexity index is 394. The summed E-state index contributed by atoms with van der Waals surface area (Å²) in [6.07, 6.45) is 3.53. The Morgan fingerprint density at radius 3 is 2.89 bits per heavy atom. The third-order valence-corrected chi connectivity index (χ3v) is 4.06. The van der Waals surface area contributed by atoms with E-state index < -0.39 is 0 Å². The van der Waals surface area contributed by atoms with Gasteiger partial charge in [0.2, 0.25) is 0 Å². The van der Waals surface area contributed by atoms with E-state index in [1.54, 1.807) is 0 Å². The molecule has 0 aliphatic heterocycles. The average Bonchev–Trinajstić information content (AvgIpc) is 2.87. The molecule has 3 heteroatoms. The number of hydrogen-bond acceptors (Lipinski definition) is 3. The number of aliphatic hydroxyl groups is 2. The number of benzene rings is 1. The van der Waals surface area contributed by atoms with Crippen LogP contribution in [0.1, 0.15) is 43.4 Å². The molecule has 1 aromatic rings. The Morgan fingerprint density at radius 2 is 2.16 bits per heavy atom. The number of fused-ring (bicyclic) bond motifs is 1. The molecule has 0 heterocycles. The summed E-state index contributed by atoms with van der Waals surface area (Å²) in [5.41, 5.74) is 2.84. The number of hydrogen-bond donors (Lipinski definition) is 2. The zero-order valence-electron chi connectivity index (χ0n) is 11.8. The van der Waals surface area contributed by atoms with E-state index in [4.69, 9.17) is 5.11 Å². The van der Waals surface area contributed by atoms with Crippen LogP contribution in [0.2, 0.25) is 0 Å². The van der Waals surface area contributed by atoms with Gasteiger partial charge in [-0.05, 0) is 36.8 Å². The van der Waals surface area contributed by atoms with Crippen molar-refractivity contribution in [3.63, 3.8) is 0 Å². The van der Waals surface area contributed by atoms with Crippen molar-refractivity contribution in [3.05, 3.63) is 35.4 Å². The van der Waals surface area contributed by atoms with E-state index in [0.717, 1.165) is 32.2 Å². The molecule has 106 valence electrons. The van der Waals surface area contributed by atoms with E-state index in [1.165, 1.54) is 11.1 Å². The number of nitrogens with zero attached hydrogens (tertiary/aromatic N) is 1. The molecule has 0 spiro atoms. The molecule has 0 fully saturated rings. The summed E-state index contributed by atoms with van der Waals surface area (Å²) in [6, 6.07) is 9.01. The molecule has 1 aliphatic carbocycles. The summed E-state index contributed by atoms with van der Waals surface area (Å²) < 4.78 is 0. The lowest BCUT2D eigenvalue weighted by Crippen LogP contribution is -2.35. The van der Waals surface area contributed by atoms with Gasteiger partial charge in [-0.25, -0.2) is 0 Å². The van der Waals surface area contributed by atoms with Crippen LogP contribution in [0.4, 0.5) is 0 Å². The first kappa shape index (κ1) is 14.5. The molecule has 1 aromatic carbocycles. The first-order chi connectivity index (χ1) is 9.26. The Hall–Kier alpha value is -0.900. The normalized spacial score (nSPS) is 19.7. The lowest BCUT2D eigenvalue weighted by atomic mass is 10.1. The molecular formula is C16H25NO2. The van der Waals surface area contributed by atoms with Crippen LogP contribution in [0, 0.1) is 0 Å². The molecule has 2 rings (SSSR count). The maximum atomic E-state index is 9.93. The molecule has 0 aromatic heterocycles. The fourth-order valence-corrected chi connectivity index (χ4v) is 2.96. The molecule has 0 saturated heterocycles. The molecular weight excluding hydrogens is 238 g/mol. The van der Waals surface area contributed by atoms with Gasteiger partial charge in [-0.3, -0.25) is 4.90 Å². The van der Waals surface area contributed by atoms with Gasteiger partial charge in [-0.1, -0.05) is 31.2 Å². The van der Waals surface area contributed by atoms with Gasteiger partial charge >= 0.3 is 0 Å². The second kappa shape index (κ2) is 7.04. The molecule has 0 bridgehead atoms. The van der Waals surface area contributed by atoms with Crippen LogP contribution in [0.15, 0.2) is 24.3 Å². The smallest absolute Gasteiger partial charge is 0.0664 e. The van der Waals surface area contributed by atoms with Crippen LogP contribution in [-0.4, -0.2) is 40.9 Å². The Morgan fingerprint density at radius 1 is 1.37 bits per heavy atom. The highest BCUT2D eigenvalue weighted by molar-refractivity contribution is 5.34. The third kappa shape index (κ3) is 3.56. The quantitative estimate of drug-likeness (QED) is 0.792. The van der Waals surface area contributed by atoms with Gasteiger partial charge < -0.3 is 10.2 Å². The maximum Gasteiger partial charge on any atom is 0.0664 e. The van der Waals surface area contributed by atoms with E-state index in [1.807, 2.05) is 6.92 Å². The zero-order valence-corrected chi connectivity index (χ0v) is 11.8. The molecule has 0 radical (unpaired) electrons. The van der Waals surface area contributed by atoms with Crippen molar-refractivity contribution in [1.29, 1.82) is 0 Å². The lowest BCUT2D eigenvalue weighted by molar-refractivity contribution is 0.0788. The van der Waals surface area contributed by atoms with E-state index in [9.17, 15) is 5.11 Å². The fraction of sp³-hybridized carbons (Fsp3) is 0.625. The molecule has 2 unspecified atom stereocenters. The minimum Gasteiger partial charge on any atom is -0.396 e. The molecule has 0 amide bonds. The number of aliphatic hydroxyl groups excluding tert-OH is 2. The first-order valence-electron chi connectivity index (χ1n) is 7.37. The van der Waals surface area contributed by atoms with Crippen molar-refractivity contribution in [3.8, 4) is 0 Å². The van der Waals surface area contributed by atoms with Gasteiger partial charge in [-0.2, -0.15) is 0 Å². The summed E-state index contributed by atoms with van der Waals surface area (Å²) >= 11 is 0. The van der Waals surface area contributed by atoms with Crippen molar-refractivity contribution < 1.29 is 10.2 Å². The highest BCUT2D eigenvalue weighted by atomic mass is 16.3. The van der Waals surface area contributed by atoms with Gasteiger partial charge in [0.15, 0.2) is 0 Å². The van der Waals surface area contributed by atoms with Crippen molar-refractivity contribution in [1.82, 2.24) is 4.90 Å². The van der Waals surface area contributed by atoms with Crippen LogP contribution in [0.25, 0.3) is 0 Å². The summed E-state index contributed by atoms with van der Waals surface area (Å²) in [5.74, 6) is 0. The van der Waals surface area contributed by atoms with Gasteiger partial charge in [0.05, 0.1) is 6.10 Å². The minimum atomic E-state index is -0.272. The van der Waals surface area contributed by atoms with E-state index >= 15 is 0 Å². The predicted molar refractivity (Wildman–Crippen MR) is 77.1 cm³/mol. The Balaban J connectivity index is 2.10. The summed E-state index contributed by atoms with van der Waals surface area (Å²) in [5, 5.41) is 19.0. The predicted octanol–water partition coefficient (Wildman–Crippen LogP) is 2.13. The van der Waals surface area contributed by atoms with Gasteiger partial charge in [0, 0.05) is 25.7 Å². The minimum absolute atomic E-state index is 0.215. The van der Waals surface area contributed by atoms with Crippen molar-refractivity contribution >= 4 is 0 Å². The maximum absolute atomic E-state index is 9.93. The Labute approximate surface area is 115 Å². The van der Waals surface area contributed by atoms with Crippen molar-refractivity contribution in [2.45, 2.75) is 44.8 Å². The second-order valence-electron chi connectivity index (χ2n) is 5.39. The molecule has 2 N–H and O–H groups in total. The van der Waals surface area contributed by atoms with Crippen LogP contribution < -0.4 is 0 Å². The van der Waals surface area contributed by atoms with Crippen LogP contribution in [0.3, 0.4) is 0 Å².